The molecule has 2 aromatic rings. The lowest BCUT2D eigenvalue weighted by Crippen LogP contribution is -2.14. The van der Waals surface area contributed by atoms with Gasteiger partial charge in [-0.2, -0.15) is 0 Å². The maximum absolute atomic E-state index is 12.1. The van der Waals surface area contributed by atoms with Crippen LogP contribution in [0.15, 0.2) is 42.5 Å². The lowest BCUT2D eigenvalue weighted by molar-refractivity contribution is -0.134. The van der Waals surface area contributed by atoms with Gasteiger partial charge in [0.05, 0.1) is 0 Å². The molecule has 0 amide bonds. The van der Waals surface area contributed by atoms with Gasteiger partial charge in [-0.05, 0) is 85.3 Å². The molecule has 2 nitrogen and oxygen atoms in total. The van der Waals surface area contributed by atoms with E-state index in [1.165, 1.54) is 87.3 Å². The van der Waals surface area contributed by atoms with Gasteiger partial charge in [0.15, 0.2) is 0 Å². The summed E-state index contributed by atoms with van der Waals surface area (Å²) in [4.78, 5) is 12.1. The Labute approximate surface area is 208 Å². The number of rotatable bonds is 13. The lowest BCUT2D eigenvalue weighted by Gasteiger charge is -2.30. The number of benzene rings is 2. The first-order valence-electron chi connectivity index (χ1n) is 14.0. The van der Waals surface area contributed by atoms with Gasteiger partial charge in [-0.3, -0.25) is 4.79 Å². The van der Waals surface area contributed by atoms with E-state index in [1.807, 2.05) is 12.1 Å². The first-order chi connectivity index (χ1) is 16.6. The summed E-state index contributed by atoms with van der Waals surface area (Å²) in [6, 6.07) is 15.0. The van der Waals surface area contributed by atoms with Crippen LogP contribution in [0.1, 0.15) is 121 Å². The first-order valence-corrected chi connectivity index (χ1v) is 14.0. The van der Waals surface area contributed by atoms with Crippen molar-refractivity contribution in [3.63, 3.8) is 0 Å². The minimum Gasteiger partial charge on any atom is -0.427 e. The Hall–Kier alpha value is -2.09. The molecule has 0 aromatic heterocycles. The molecule has 1 aliphatic carbocycles. The molecule has 186 valence electrons. The van der Waals surface area contributed by atoms with Crippen molar-refractivity contribution in [1.29, 1.82) is 0 Å². The molecule has 1 aliphatic rings. The molecule has 0 spiro atoms. The molecule has 0 heterocycles. The zero-order chi connectivity index (χ0) is 24.2. The third-order valence-corrected chi connectivity index (χ3v) is 7.68. The Morgan fingerprint density at radius 2 is 1.44 bits per heavy atom. The molecule has 0 saturated heterocycles. The second-order valence-corrected chi connectivity index (χ2v) is 10.4. The molecule has 0 aliphatic heterocycles. The standard InChI is InChI=1S/C32H46O2/c1-4-6-8-9-11-13-32(33)34-30-21-18-27(19-22-30)29-20-23-31(25(3)24-29)28-16-14-26(15-17-28)12-10-7-5-2/h18-24,26,28H,4-17H2,1-3H3. The van der Waals surface area contributed by atoms with Crippen LogP contribution in [0.2, 0.25) is 0 Å². The molecular formula is C32H46O2. The van der Waals surface area contributed by atoms with E-state index in [0.717, 1.165) is 24.7 Å². The molecule has 1 fully saturated rings. The molecule has 3 rings (SSSR count). The van der Waals surface area contributed by atoms with Gasteiger partial charge in [-0.1, -0.05) is 95.5 Å². The van der Waals surface area contributed by atoms with E-state index < -0.39 is 0 Å². The summed E-state index contributed by atoms with van der Waals surface area (Å²) < 4.78 is 5.53. The van der Waals surface area contributed by atoms with E-state index >= 15 is 0 Å². The predicted octanol–water partition coefficient (Wildman–Crippen LogP) is 9.78. The Morgan fingerprint density at radius 3 is 2.12 bits per heavy atom. The maximum Gasteiger partial charge on any atom is 0.311 e. The minimum atomic E-state index is -0.121. The van der Waals surface area contributed by atoms with Crippen LogP contribution in [0.3, 0.4) is 0 Å². The smallest absolute Gasteiger partial charge is 0.311 e. The van der Waals surface area contributed by atoms with Gasteiger partial charge in [-0.15, -0.1) is 0 Å². The van der Waals surface area contributed by atoms with Gasteiger partial charge in [0.25, 0.3) is 0 Å². The fourth-order valence-corrected chi connectivity index (χ4v) is 5.53. The fraction of sp³-hybridized carbons (Fsp3) is 0.594. The second kappa shape index (κ2) is 14.3. The predicted molar refractivity (Wildman–Crippen MR) is 144 cm³/mol. The molecule has 34 heavy (non-hydrogen) atoms. The zero-order valence-corrected chi connectivity index (χ0v) is 21.9. The Morgan fingerprint density at radius 1 is 0.794 bits per heavy atom. The third kappa shape index (κ3) is 8.29. The quantitative estimate of drug-likeness (QED) is 0.168. The van der Waals surface area contributed by atoms with E-state index in [4.69, 9.17) is 4.74 Å². The number of ether oxygens (including phenoxy) is 1. The molecule has 2 aromatic carbocycles. The van der Waals surface area contributed by atoms with Crippen LogP contribution in [-0.4, -0.2) is 5.97 Å². The van der Waals surface area contributed by atoms with Crippen molar-refractivity contribution >= 4 is 5.97 Å². The topological polar surface area (TPSA) is 26.3 Å². The van der Waals surface area contributed by atoms with Crippen LogP contribution >= 0.6 is 0 Å². The summed E-state index contributed by atoms with van der Waals surface area (Å²) in [5, 5.41) is 0. The van der Waals surface area contributed by atoms with Crippen molar-refractivity contribution in [1.82, 2.24) is 0 Å². The number of aryl methyl sites for hydroxylation is 1. The van der Waals surface area contributed by atoms with Crippen molar-refractivity contribution in [2.24, 2.45) is 5.92 Å². The van der Waals surface area contributed by atoms with E-state index in [2.05, 4.69) is 51.1 Å². The van der Waals surface area contributed by atoms with Gasteiger partial charge in [0.1, 0.15) is 5.75 Å². The highest BCUT2D eigenvalue weighted by molar-refractivity contribution is 5.73. The fourth-order valence-electron chi connectivity index (χ4n) is 5.53. The molecule has 0 unspecified atom stereocenters. The van der Waals surface area contributed by atoms with E-state index in [1.54, 1.807) is 5.56 Å². The number of hydrogen-bond donors (Lipinski definition) is 0. The van der Waals surface area contributed by atoms with Crippen LogP contribution in [0.25, 0.3) is 11.1 Å². The summed E-state index contributed by atoms with van der Waals surface area (Å²) in [6.07, 6.45) is 17.3. The lowest BCUT2D eigenvalue weighted by atomic mass is 9.76. The van der Waals surface area contributed by atoms with E-state index in [0.29, 0.717) is 12.2 Å². The first kappa shape index (κ1) is 26.5. The monoisotopic (exact) mass is 462 g/mol. The highest BCUT2D eigenvalue weighted by Gasteiger charge is 2.23. The highest BCUT2D eigenvalue weighted by Crippen LogP contribution is 2.39. The summed E-state index contributed by atoms with van der Waals surface area (Å²) in [6.45, 7) is 6.76. The summed E-state index contributed by atoms with van der Waals surface area (Å²) in [5.41, 5.74) is 5.36. The minimum absolute atomic E-state index is 0.121. The van der Waals surface area contributed by atoms with Crippen molar-refractivity contribution < 1.29 is 9.53 Å². The van der Waals surface area contributed by atoms with Crippen LogP contribution in [0.4, 0.5) is 0 Å². The average Bonchev–Trinajstić information content (AvgIpc) is 2.85. The maximum atomic E-state index is 12.1. The Kier molecular flexibility index (Phi) is 11.2. The SMILES string of the molecule is CCCCCCCC(=O)Oc1ccc(-c2ccc(C3CCC(CCCCC)CC3)c(C)c2)cc1. The zero-order valence-electron chi connectivity index (χ0n) is 21.9. The number of unbranched alkanes of at least 4 members (excludes halogenated alkanes) is 6. The van der Waals surface area contributed by atoms with Crippen LogP contribution < -0.4 is 4.74 Å². The number of carbonyl (C=O) groups is 1. The Balaban J connectivity index is 1.50. The number of esters is 1. The van der Waals surface area contributed by atoms with E-state index in [-0.39, 0.29) is 5.97 Å². The van der Waals surface area contributed by atoms with Crippen molar-refractivity contribution in [2.45, 2.75) is 117 Å². The van der Waals surface area contributed by atoms with Gasteiger partial charge in [-0.25, -0.2) is 0 Å². The van der Waals surface area contributed by atoms with Crippen LogP contribution in [0.5, 0.6) is 5.75 Å². The molecule has 1 saturated carbocycles. The normalized spacial score (nSPS) is 18.1. The van der Waals surface area contributed by atoms with Gasteiger partial charge in [0, 0.05) is 6.42 Å². The van der Waals surface area contributed by atoms with Gasteiger partial charge in [0.2, 0.25) is 0 Å². The Bertz CT molecular complexity index is 859. The number of carbonyl (C=O) groups excluding carboxylic acids is 1. The summed E-state index contributed by atoms with van der Waals surface area (Å²) in [5.74, 6) is 2.20. The largest absolute Gasteiger partial charge is 0.427 e. The van der Waals surface area contributed by atoms with Crippen LogP contribution in [-0.2, 0) is 4.79 Å². The molecule has 2 heteroatoms. The van der Waals surface area contributed by atoms with Gasteiger partial charge < -0.3 is 4.74 Å². The van der Waals surface area contributed by atoms with Crippen LogP contribution in [0, 0.1) is 12.8 Å². The summed E-state index contributed by atoms with van der Waals surface area (Å²) >= 11 is 0. The molecule has 0 radical (unpaired) electrons. The highest BCUT2D eigenvalue weighted by atomic mass is 16.5. The summed E-state index contributed by atoms with van der Waals surface area (Å²) in [7, 11) is 0. The molecule has 0 N–H and O–H groups in total. The van der Waals surface area contributed by atoms with Gasteiger partial charge >= 0.3 is 5.97 Å². The third-order valence-electron chi connectivity index (χ3n) is 7.68. The van der Waals surface area contributed by atoms with Crippen molar-refractivity contribution in [2.75, 3.05) is 0 Å². The molecular weight excluding hydrogens is 416 g/mol. The number of hydrogen-bond acceptors (Lipinski definition) is 2. The second-order valence-electron chi connectivity index (χ2n) is 10.4. The molecule has 0 bridgehead atoms. The average molecular weight is 463 g/mol. The van der Waals surface area contributed by atoms with Crippen molar-refractivity contribution in [3.05, 3.63) is 53.6 Å². The van der Waals surface area contributed by atoms with E-state index in [9.17, 15) is 4.79 Å². The van der Waals surface area contributed by atoms with Crippen molar-refractivity contribution in [3.8, 4) is 16.9 Å². The molecule has 0 atom stereocenters.